The van der Waals surface area contributed by atoms with Gasteiger partial charge in [0, 0.05) is 0 Å². The van der Waals surface area contributed by atoms with Gasteiger partial charge in [0.05, 0.1) is 11.1 Å². The van der Waals surface area contributed by atoms with E-state index in [1.807, 2.05) is 0 Å². The Morgan fingerprint density at radius 3 is 1.64 bits per heavy atom. The van der Waals surface area contributed by atoms with Gasteiger partial charge in [0.25, 0.3) is 0 Å². The highest BCUT2D eigenvalue weighted by Gasteiger charge is 2.34. The van der Waals surface area contributed by atoms with Crippen molar-refractivity contribution in [1.29, 1.82) is 0 Å². The molecule has 6 heteroatoms. The van der Waals surface area contributed by atoms with E-state index in [-0.39, 0.29) is 11.1 Å². The summed E-state index contributed by atoms with van der Waals surface area (Å²) in [6.07, 6.45) is -4.88. The zero-order valence-corrected chi connectivity index (χ0v) is 12.5. The third-order valence-corrected chi connectivity index (χ3v) is 3.71. The van der Waals surface area contributed by atoms with E-state index in [4.69, 9.17) is 0 Å². The van der Waals surface area contributed by atoms with Crippen LogP contribution in [0, 0.1) is 17.5 Å². The Balaban J connectivity index is 2.08. The molecule has 0 atom stereocenters. The highest BCUT2D eigenvalue weighted by atomic mass is 19.4. The number of benzene rings is 3. The lowest BCUT2D eigenvalue weighted by Gasteiger charge is -2.12. The van der Waals surface area contributed by atoms with Crippen LogP contribution in [0.25, 0.3) is 22.3 Å². The van der Waals surface area contributed by atoms with Crippen LogP contribution in [-0.2, 0) is 6.18 Å². The van der Waals surface area contributed by atoms with Gasteiger partial charge in [-0.1, -0.05) is 36.4 Å². The molecule has 0 heterocycles. The minimum Gasteiger partial charge on any atom is -0.206 e. The molecule has 3 aromatic rings. The van der Waals surface area contributed by atoms with Crippen molar-refractivity contribution in [3.63, 3.8) is 0 Å². The summed E-state index contributed by atoms with van der Waals surface area (Å²) in [7, 11) is 0. The Morgan fingerprint density at radius 1 is 0.560 bits per heavy atom. The predicted molar refractivity (Wildman–Crippen MR) is 82.2 cm³/mol. The van der Waals surface area contributed by atoms with Gasteiger partial charge in [-0.15, -0.1) is 0 Å². The van der Waals surface area contributed by atoms with Crippen molar-refractivity contribution in [2.24, 2.45) is 0 Å². The lowest BCUT2D eigenvalue weighted by molar-refractivity contribution is -0.139. The van der Waals surface area contributed by atoms with E-state index in [1.165, 1.54) is 0 Å². The molecule has 0 N–H and O–H groups in total. The number of alkyl halides is 3. The van der Waals surface area contributed by atoms with Gasteiger partial charge in [0.15, 0.2) is 0 Å². The largest absolute Gasteiger partial charge is 0.419 e. The number of halogens is 6. The van der Waals surface area contributed by atoms with Gasteiger partial charge in [-0.2, -0.15) is 13.2 Å². The molecule has 0 spiro atoms. The van der Waals surface area contributed by atoms with Crippen molar-refractivity contribution in [3.8, 4) is 22.3 Å². The predicted octanol–water partition coefficient (Wildman–Crippen LogP) is 6.46. The molecule has 0 aromatic heterocycles. The van der Waals surface area contributed by atoms with E-state index >= 15 is 0 Å². The normalized spacial score (nSPS) is 11.6. The van der Waals surface area contributed by atoms with Crippen molar-refractivity contribution < 1.29 is 26.3 Å². The van der Waals surface area contributed by atoms with Gasteiger partial charge in [-0.25, -0.2) is 13.2 Å². The third-order valence-electron chi connectivity index (χ3n) is 3.71. The van der Waals surface area contributed by atoms with Crippen molar-refractivity contribution >= 4 is 0 Å². The van der Waals surface area contributed by atoms with Crippen molar-refractivity contribution in [3.05, 3.63) is 83.7 Å². The first-order valence-electron chi connectivity index (χ1n) is 7.19. The van der Waals surface area contributed by atoms with Crippen LogP contribution in [0.2, 0.25) is 0 Å². The zero-order chi connectivity index (χ0) is 18.2. The molecule has 128 valence electrons. The van der Waals surface area contributed by atoms with Gasteiger partial charge in [-0.05, 0) is 41.0 Å². The molecule has 0 amide bonds. The second-order valence-electron chi connectivity index (χ2n) is 5.37. The summed E-state index contributed by atoms with van der Waals surface area (Å²) in [5.74, 6) is -3.56. The molecule has 0 unspecified atom stereocenters. The average Bonchev–Trinajstić information content (AvgIpc) is 2.54. The van der Waals surface area contributed by atoms with Crippen LogP contribution in [0.4, 0.5) is 26.3 Å². The molecule has 0 aliphatic carbocycles. The van der Waals surface area contributed by atoms with Crippen LogP contribution in [0.15, 0.2) is 60.7 Å². The molecule has 0 bridgehead atoms. The molecule has 25 heavy (non-hydrogen) atoms. The van der Waals surface area contributed by atoms with E-state index in [0.29, 0.717) is 17.7 Å². The van der Waals surface area contributed by atoms with Crippen LogP contribution >= 0.6 is 0 Å². The summed E-state index contributed by atoms with van der Waals surface area (Å²) in [5, 5.41) is 0. The molecule has 0 radical (unpaired) electrons. The molecule has 0 saturated heterocycles. The van der Waals surface area contributed by atoms with E-state index in [9.17, 15) is 26.3 Å². The molecule has 3 rings (SSSR count). The van der Waals surface area contributed by atoms with Gasteiger partial charge >= 0.3 is 6.18 Å². The minimum atomic E-state index is -4.88. The van der Waals surface area contributed by atoms with Crippen LogP contribution in [0.3, 0.4) is 0 Å². The molecule has 0 fully saturated rings. The maximum absolute atomic E-state index is 14.4. The molecular weight excluding hydrogens is 342 g/mol. The quantitative estimate of drug-likeness (QED) is 0.465. The standard InChI is InChI=1S/C19H10F6/c20-15-8-12(6-7-14(15)19(23,24)25)18-16(21)9-13(10-17(18)22)11-4-2-1-3-5-11/h1-10H. The van der Waals surface area contributed by atoms with Crippen molar-refractivity contribution in [2.75, 3.05) is 0 Å². The van der Waals surface area contributed by atoms with Crippen molar-refractivity contribution in [1.82, 2.24) is 0 Å². The first-order chi connectivity index (χ1) is 11.8. The summed E-state index contributed by atoms with van der Waals surface area (Å²) in [6.45, 7) is 0. The van der Waals surface area contributed by atoms with E-state index < -0.39 is 34.8 Å². The molecule has 0 aliphatic heterocycles. The van der Waals surface area contributed by atoms with E-state index in [2.05, 4.69) is 0 Å². The fraction of sp³-hybridized carbons (Fsp3) is 0.0526. The Kier molecular flexibility index (Phi) is 4.29. The lowest BCUT2D eigenvalue weighted by Crippen LogP contribution is -2.08. The number of hydrogen-bond acceptors (Lipinski definition) is 0. The summed E-state index contributed by atoms with van der Waals surface area (Å²) < 4.78 is 80.2. The summed E-state index contributed by atoms with van der Waals surface area (Å²) in [4.78, 5) is 0. The van der Waals surface area contributed by atoms with Gasteiger partial charge in [0.1, 0.15) is 17.5 Å². The molecular formula is C19H10F6. The van der Waals surface area contributed by atoms with Crippen LogP contribution < -0.4 is 0 Å². The topological polar surface area (TPSA) is 0 Å². The zero-order valence-electron chi connectivity index (χ0n) is 12.5. The van der Waals surface area contributed by atoms with Crippen molar-refractivity contribution in [2.45, 2.75) is 6.18 Å². The molecule has 3 aromatic carbocycles. The van der Waals surface area contributed by atoms with Crippen LogP contribution in [0.1, 0.15) is 5.56 Å². The third kappa shape index (κ3) is 3.38. The summed E-state index contributed by atoms with van der Waals surface area (Å²) in [5.41, 5.74) is -1.53. The lowest BCUT2D eigenvalue weighted by atomic mass is 9.98. The van der Waals surface area contributed by atoms with E-state index in [1.54, 1.807) is 30.3 Å². The van der Waals surface area contributed by atoms with Gasteiger partial charge < -0.3 is 0 Å². The van der Waals surface area contributed by atoms with Crippen LogP contribution in [-0.4, -0.2) is 0 Å². The average molecular weight is 352 g/mol. The summed E-state index contributed by atoms with van der Waals surface area (Å²) >= 11 is 0. The monoisotopic (exact) mass is 352 g/mol. The SMILES string of the molecule is Fc1cc(-c2c(F)cc(-c3ccccc3)cc2F)ccc1C(F)(F)F. The maximum atomic E-state index is 14.4. The van der Waals surface area contributed by atoms with Crippen LogP contribution in [0.5, 0.6) is 0 Å². The number of hydrogen-bond donors (Lipinski definition) is 0. The fourth-order valence-corrected chi connectivity index (χ4v) is 2.55. The highest BCUT2D eigenvalue weighted by Crippen LogP contribution is 2.36. The molecule has 0 saturated carbocycles. The Morgan fingerprint density at radius 2 is 1.12 bits per heavy atom. The second-order valence-corrected chi connectivity index (χ2v) is 5.37. The molecule has 0 nitrogen and oxygen atoms in total. The first-order valence-corrected chi connectivity index (χ1v) is 7.19. The minimum absolute atomic E-state index is 0.270. The Labute approximate surface area is 139 Å². The Hall–Kier alpha value is -2.76. The maximum Gasteiger partial charge on any atom is 0.419 e. The Bertz CT molecular complexity index is 890. The fourth-order valence-electron chi connectivity index (χ4n) is 2.55. The smallest absolute Gasteiger partial charge is 0.206 e. The van der Waals surface area contributed by atoms with E-state index in [0.717, 1.165) is 18.2 Å². The number of rotatable bonds is 2. The molecule has 0 aliphatic rings. The van der Waals surface area contributed by atoms with Gasteiger partial charge in [-0.3, -0.25) is 0 Å². The first kappa shape index (κ1) is 17.1. The summed E-state index contributed by atoms with van der Waals surface area (Å²) in [6, 6.07) is 12.4. The highest BCUT2D eigenvalue weighted by molar-refractivity contribution is 5.72. The second kappa shape index (κ2) is 6.27. The van der Waals surface area contributed by atoms with Gasteiger partial charge in [0.2, 0.25) is 0 Å².